The first kappa shape index (κ1) is 17.6. The van der Waals surface area contributed by atoms with E-state index in [1.165, 1.54) is 6.92 Å². The van der Waals surface area contributed by atoms with E-state index in [9.17, 15) is 14.4 Å². The average Bonchev–Trinajstić information content (AvgIpc) is 2.31. The minimum Gasteiger partial charge on any atom is -0.345 e. The van der Waals surface area contributed by atoms with Crippen LogP contribution in [0.1, 0.15) is 48.0 Å². The van der Waals surface area contributed by atoms with Gasteiger partial charge in [0.05, 0.1) is 6.04 Å². The predicted molar refractivity (Wildman–Crippen MR) is 74.5 cm³/mol. The van der Waals surface area contributed by atoms with Crippen LogP contribution < -0.4 is 10.6 Å². The molecule has 5 nitrogen and oxygen atoms in total. The number of amides is 2. The summed E-state index contributed by atoms with van der Waals surface area (Å²) in [5.74, 6) is -0.750. The summed E-state index contributed by atoms with van der Waals surface area (Å²) in [6, 6.07) is -1.09. The van der Waals surface area contributed by atoms with Crippen molar-refractivity contribution >= 4 is 17.6 Å². The summed E-state index contributed by atoms with van der Waals surface area (Å²) in [6.07, 6.45) is 0.546. The molecule has 0 bridgehead atoms. The van der Waals surface area contributed by atoms with Crippen LogP contribution >= 0.6 is 0 Å². The van der Waals surface area contributed by atoms with Gasteiger partial charge in [0.15, 0.2) is 5.78 Å². The zero-order valence-electron chi connectivity index (χ0n) is 12.7. The standard InChI is InChI=1S/C14H26N2O3/c1-7-11(10(6)17)15-14(19)12(8(2)3)16-13(18)9(4)5/h8-9,11-12H,7H2,1-6H3,(H,15,19)(H,16,18). The van der Waals surface area contributed by atoms with Crippen LogP contribution in [0.2, 0.25) is 0 Å². The van der Waals surface area contributed by atoms with Crippen molar-refractivity contribution in [3.8, 4) is 0 Å². The third kappa shape index (κ3) is 5.85. The van der Waals surface area contributed by atoms with Gasteiger partial charge in [0.2, 0.25) is 11.8 Å². The van der Waals surface area contributed by atoms with Gasteiger partial charge in [0, 0.05) is 5.92 Å². The highest BCUT2D eigenvalue weighted by Gasteiger charge is 2.27. The monoisotopic (exact) mass is 270 g/mol. The summed E-state index contributed by atoms with van der Waals surface area (Å²) in [5, 5.41) is 5.41. The van der Waals surface area contributed by atoms with Gasteiger partial charge in [-0.3, -0.25) is 14.4 Å². The van der Waals surface area contributed by atoms with Crippen molar-refractivity contribution in [1.29, 1.82) is 0 Å². The molecule has 0 aromatic heterocycles. The molecule has 0 aromatic rings. The molecule has 2 atom stereocenters. The van der Waals surface area contributed by atoms with Gasteiger partial charge in [-0.1, -0.05) is 34.6 Å². The lowest BCUT2D eigenvalue weighted by Gasteiger charge is -2.24. The molecular weight excluding hydrogens is 244 g/mol. The molecule has 0 spiro atoms. The zero-order chi connectivity index (χ0) is 15.2. The van der Waals surface area contributed by atoms with Crippen LogP contribution in [-0.4, -0.2) is 29.7 Å². The maximum Gasteiger partial charge on any atom is 0.243 e. The molecule has 5 heteroatoms. The van der Waals surface area contributed by atoms with E-state index < -0.39 is 12.1 Å². The van der Waals surface area contributed by atoms with Gasteiger partial charge >= 0.3 is 0 Å². The zero-order valence-corrected chi connectivity index (χ0v) is 12.7. The third-order valence-corrected chi connectivity index (χ3v) is 2.99. The number of hydrogen-bond acceptors (Lipinski definition) is 3. The lowest BCUT2D eigenvalue weighted by Crippen LogP contribution is -2.53. The Hall–Kier alpha value is -1.39. The van der Waals surface area contributed by atoms with Gasteiger partial charge in [0.25, 0.3) is 0 Å². The fourth-order valence-electron chi connectivity index (χ4n) is 1.61. The molecule has 0 fully saturated rings. The van der Waals surface area contributed by atoms with Crippen LogP contribution in [0.15, 0.2) is 0 Å². The molecule has 2 unspecified atom stereocenters. The maximum atomic E-state index is 12.1. The third-order valence-electron chi connectivity index (χ3n) is 2.99. The highest BCUT2D eigenvalue weighted by molar-refractivity contribution is 5.92. The number of rotatable bonds is 7. The van der Waals surface area contributed by atoms with E-state index in [-0.39, 0.29) is 29.4 Å². The van der Waals surface area contributed by atoms with Gasteiger partial charge in [-0.2, -0.15) is 0 Å². The number of ketones is 1. The van der Waals surface area contributed by atoms with Gasteiger partial charge in [-0.25, -0.2) is 0 Å². The van der Waals surface area contributed by atoms with Crippen molar-refractivity contribution in [2.75, 3.05) is 0 Å². The largest absolute Gasteiger partial charge is 0.345 e. The highest BCUT2D eigenvalue weighted by Crippen LogP contribution is 2.05. The molecule has 0 aliphatic carbocycles. The summed E-state index contributed by atoms with van der Waals surface area (Å²) >= 11 is 0. The molecule has 0 aromatic carbocycles. The SMILES string of the molecule is CCC(NC(=O)C(NC(=O)C(C)C)C(C)C)C(C)=O. The normalized spacial score (nSPS) is 14.1. The minimum atomic E-state index is -0.608. The van der Waals surface area contributed by atoms with Crippen LogP contribution in [0.25, 0.3) is 0 Å². The molecule has 0 radical (unpaired) electrons. The second-order valence-electron chi connectivity index (χ2n) is 5.47. The number of carbonyl (C=O) groups excluding carboxylic acids is 3. The Balaban J connectivity index is 4.75. The molecule has 0 saturated heterocycles. The Kier molecular flexibility index (Phi) is 7.34. The van der Waals surface area contributed by atoms with E-state index in [0.717, 1.165) is 0 Å². The van der Waals surface area contributed by atoms with Gasteiger partial charge in [0.1, 0.15) is 6.04 Å². The lowest BCUT2D eigenvalue weighted by molar-refractivity contribution is -0.133. The van der Waals surface area contributed by atoms with Crippen LogP contribution in [0.4, 0.5) is 0 Å². The highest BCUT2D eigenvalue weighted by atomic mass is 16.2. The molecule has 0 rings (SSSR count). The summed E-state index contributed by atoms with van der Waals surface area (Å²) in [5.41, 5.74) is 0. The van der Waals surface area contributed by atoms with E-state index in [0.29, 0.717) is 6.42 Å². The van der Waals surface area contributed by atoms with Gasteiger partial charge in [-0.15, -0.1) is 0 Å². The first-order valence-corrected chi connectivity index (χ1v) is 6.81. The van der Waals surface area contributed by atoms with Crippen molar-refractivity contribution in [3.05, 3.63) is 0 Å². The number of hydrogen-bond donors (Lipinski definition) is 2. The first-order valence-electron chi connectivity index (χ1n) is 6.81. The average molecular weight is 270 g/mol. The van der Waals surface area contributed by atoms with Crippen LogP contribution in [-0.2, 0) is 14.4 Å². The van der Waals surface area contributed by atoms with E-state index >= 15 is 0 Å². The molecule has 110 valence electrons. The van der Waals surface area contributed by atoms with Crippen LogP contribution in [0.3, 0.4) is 0 Å². The Morgan fingerprint density at radius 3 is 1.79 bits per heavy atom. The smallest absolute Gasteiger partial charge is 0.243 e. The van der Waals surface area contributed by atoms with E-state index in [1.807, 2.05) is 20.8 Å². The van der Waals surface area contributed by atoms with Crippen molar-refractivity contribution in [2.45, 2.75) is 60.0 Å². The quantitative estimate of drug-likeness (QED) is 0.731. The van der Waals surface area contributed by atoms with Gasteiger partial charge < -0.3 is 10.6 Å². The van der Waals surface area contributed by atoms with E-state index in [1.54, 1.807) is 13.8 Å². The molecule has 2 N–H and O–H groups in total. The summed E-state index contributed by atoms with van der Waals surface area (Å²) < 4.78 is 0. The topological polar surface area (TPSA) is 75.3 Å². The summed E-state index contributed by atoms with van der Waals surface area (Å²) in [4.78, 5) is 35.2. The summed E-state index contributed by atoms with van der Waals surface area (Å²) in [7, 11) is 0. The molecule has 19 heavy (non-hydrogen) atoms. The van der Waals surface area contributed by atoms with Crippen LogP contribution in [0.5, 0.6) is 0 Å². The van der Waals surface area contributed by atoms with Crippen molar-refractivity contribution in [1.82, 2.24) is 10.6 Å². The molecule has 2 amide bonds. The second-order valence-corrected chi connectivity index (χ2v) is 5.47. The van der Waals surface area contributed by atoms with Crippen molar-refractivity contribution in [2.24, 2.45) is 11.8 Å². The Morgan fingerprint density at radius 2 is 1.47 bits per heavy atom. The van der Waals surface area contributed by atoms with Crippen LogP contribution in [0, 0.1) is 11.8 Å². The molecular formula is C14H26N2O3. The van der Waals surface area contributed by atoms with E-state index in [4.69, 9.17) is 0 Å². The number of carbonyl (C=O) groups is 3. The molecule has 0 aliphatic rings. The van der Waals surface area contributed by atoms with Crippen molar-refractivity contribution in [3.63, 3.8) is 0 Å². The Morgan fingerprint density at radius 1 is 0.947 bits per heavy atom. The Bertz CT molecular complexity index is 338. The molecule has 0 saturated carbocycles. The summed E-state index contributed by atoms with van der Waals surface area (Å²) in [6.45, 7) is 10.6. The second kappa shape index (κ2) is 7.92. The maximum absolute atomic E-state index is 12.1. The van der Waals surface area contributed by atoms with Crippen molar-refractivity contribution < 1.29 is 14.4 Å². The fourth-order valence-corrected chi connectivity index (χ4v) is 1.61. The lowest BCUT2D eigenvalue weighted by atomic mass is 10.0. The Labute approximate surface area is 115 Å². The number of nitrogens with one attached hydrogen (secondary N) is 2. The van der Waals surface area contributed by atoms with E-state index in [2.05, 4.69) is 10.6 Å². The molecule has 0 aliphatic heterocycles. The molecule has 0 heterocycles. The first-order chi connectivity index (χ1) is 8.70. The number of Topliss-reactive ketones (excluding diaryl/α,β-unsaturated/α-hetero) is 1. The van der Waals surface area contributed by atoms with Gasteiger partial charge in [-0.05, 0) is 19.3 Å². The fraction of sp³-hybridized carbons (Fsp3) is 0.786. The predicted octanol–water partition coefficient (Wildman–Crippen LogP) is 1.27. The minimum absolute atomic E-state index is 0.0350.